The fraction of sp³-hybridized carbons (Fsp3) is 0.407. The van der Waals surface area contributed by atoms with E-state index in [1.807, 2.05) is 54.6 Å². The minimum Gasteiger partial charge on any atom is -0.480 e. The lowest BCUT2D eigenvalue weighted by Gasteiger charge is -2.34. The van der Waals surface area contributed by atoms with Crippen LogP contribution in [0.2, 0.25) is 0 Å². The normalized spacial score (nSPS) is 19.4. The van der Waals surface area contributed by atoms with E-state index in [4.69, 9.17) is 10.00 Å². The van der Waals surface area contributed by atoms with Crippen molar-refractivity contribution in [3.05, 3.63) is 59.7 Å². The zero-order valence-electron chi connectivity index (χ0n) is 19.7. The standard InChI is InChI=1S/C27H29N3O5/c1-27(25(32)33)14-8-16-30(27)24(31)23(13-6-7-15-28)29-26(34)35-17-22-20-11-4-2-9-18(20)19-10-3-5-12-21(19)22/h2-5,9-12,22-23H,6-8,13-14,16-17H2,1H3,(H,29,34)(H,32,33)/t23?,27-/m0/s1. The van der Waals surface area contributed by atoms with Gasteiger partial charge in [0.25, 0.3) is 0 Å². The molecule has 1 aliphatic carbocycles. The van der Waals surface area contributed by atoms with Crippen molar-refractivity contribution < 1.29 is 24.2 Å². The number of amides is 2. The van der Waals surface area contributed by atoms with E-state index in [0.717, 1.165) is 22.3 Å². The number of hydrogen-bond donors (Lipinski definition) is 2. The number of nitrogens with one attached hydrogen (secondary N) is 1. The first-order valence-corrected chi connectivity index (χ1v) is 11.9. The van der Waals surface area contributed by atoms with E-state index in [-0.39, 0.29) is 25.4 Å². The number of carbonyl (C=O) groups is 3. The number of benzene rings is 2. The van der Waals surface area contributed by atoms with Gasteiger partial charge in [0, 0.05) is 18.9 Å². The molecular weight excluding hydrogens is 446 g/mol. The Labute approximate surface area is 204 Å². The monoisotopic (exact) mass is 475 g/mol. The van der Waals surface area contributed by atoms with Crippen LogP contribution < -0.4 is 5.32 Å². The van der Waals surface area contributed by atoms with E-state index in [1.165, 1.54) is 11.8 Å². The Morgan fingerprint density at radius 3 is 2.40 bits per heavy atom. The van der Waals surface area contributed by atoms with Crippen molar-refractivity contribution in [3.63, 3.8) is 0 Å². The number of carbonyl (C=O) groups excluding carboxylic acids is 2. The number of unbranched alkanes of at least 4 members (excludes halogenated alkanes) is 1. The van der Waals surface area contributed by atoms with Gasteiger partial charge in [0.1, 0.15) is 18.2 Å². The zero-order valence-corrected chi connectivity index (χ0v) is 19.7. The Kier molecular flexibility index (Phi) is 7.06. The summed E-state index contributed by atoms with van der Waals surface area (Å²) < 4.78 is 5.59. The molecule has 182 valence electrons. The first-order chi connectivity index (χ1) is 16.9. The first kappa shape index (κ1) is 24.3. The van der Waals surface area contributed by atoms with Gasteiger partial charge >= 0.3 is 12.1 Å². The molecule has 0 spiro atoms. The van der Waals surface area contributed by atoms with Crippen LogP contribution in [0.1, 0.15) is 56.1 Å². The molecule has 2 aromatic rings. The summed E-state index contributed by atoms with van der Waals surface area (Å²) in [7, 11) is 0. The Bertz CT molecular complexity index is 1130. The molecule has 0 aromatic heterocycles. The lowest BCUT2D eigenvalue weighted by atomic mass is 9.98. The third-order valence-electron chi connectivity index (χ3n) is 7.08. The van der Waals surface area contributed by atoms with Crippen LogP contribution in [-0.4, -0.2) is 52.7 Å². The van der Waals surface area contributed by atoms with Crippen molar-refractivity contribution in [1.82, 2.24) is 10.2 Å². The minimum absolute atomic E-state index is 0.107. The number of rotatable bonds is 8. The lowest BCUT2D eigenvalue weighted by Crippen LogP contribution is -2.57. The van der Waals surface area contributed by atoms with Gasteiger partial charge in [-0.2, -0.15) is 5.26 Å². The van der Waals surface area contributed by atoms with Crippen LogP contribution in [0.3, 0.4) is 0 Å². The molecule has 1 aliphatic heterocycles. The second kappa shape index (κ2) is 10.2. The SMILES string of the molecule is C[C@@]1(C(=O)O)CCCN1C(=O)C(CCCC#N)NC(=O)OCC1c2ccccc2-c2ccccc21. The Hall–Kier alpha value is -3.86. The van der Waals surface area contributed by atoms with Gasteiger partial charge in [-0.3, -0.25) is 4.79 Å². The summed E-state index contributed by atoms with van der Waals surface area (Å²) in [5, 5.41) is 21.2. The quantitative estimate of drug-likeness (QED) is 0.556. The second-order valence-electron chi connectivity index (χ2n) is 9.25. The molecule has 1 unspecified atom stereocenters. The molecule has 1 heterocycles. The van der Waals surface area contributed by atoms with Crippen LogP contribution in [0.25, 0.3) is 11.1 Å². The summed E-state index contributed by atoms with van der Waals surface area (Å²) in [4.78, 5) is 39.3. The second-order valence-corrected chi connectivity index (χ2v) is 9.25. The summed E-state index contributed by atoms with van der Waals surface area (Å²) in [5.74, 6) is -1.64. The molecule has 2 amide bonds. The number of nitriles is 1. The van der Waals surface area contributed by atoms with E-state index >= 15 is 0 Å². The number of ether oxygens (including phenoxy) is 1. The molecule has 1 fully saturated rings. The Morgan fingerprint density at radius 1 is 1.17 bits per heavy atom. The minimum atomic E-state index is -1.31. The van der Waals surface area contributed by atoms with Crippen molar-refractivity contribution in [2.45, 2.75) is 56.5 Å². The lowest BCUT2D eigenvalue weighted by molar-refractivity contribution is -0.156. The maximum Gasteiger partial charge on any atom is 0.407 e. The molecular formula is C27H29N3O5. The maximum atomic E-state index is 13.3. The van der Waals surface area contributed by atoms with Gasteiger partial charge in [0.2, 0.25) is 5.91 Å². The topological polar surface area (TPSA) is 120 Å². The zero-order chi connectivity index (χ0) is 25.0. The van der Waals surface area contributed by atoms with Crippen molar-refractivity contribution in [3.8, 4) is 17.2 Å². The van der Waals surface area contributed by atoms with Crippen LogP contribution in [0, 0.1) is 11.3 Å². The van der Waals surface area contributed by atoms with Crippen LogP contribution in [0.15, 0.2) is 48.5 Å². The van der Waals surface area contributed by atoms with E-state index in [0.29, 0.717) is 25.8 Å². The molecule has 2 aromatic carbocycles. The number of likely N-dealkylation sites (tertiary alicyclic amines) is 1. The molecule has 2 atom stereocenters. The summed E-state index contributed by atoms with van der Waals surface area (Å²) in [5.41, 5.74) is 3.08. The van der Waals surface area contributed by atoms with E-state index in [1.54, 1.807) is 0 Å². The first-order valence-electron chi connectivity index (χ1n) is 11.9. The van der Waals surface area contributed by atoms with Gasteiger partial charge in [-0.25, -0.2) is 9.59 Å². The van der Waals surface area contributed by atoms with E-state index in [2.05, 4.69) is 5.32 Å². The van der Waals surface area contributed by atoms with Crippen molar-refractivity contribution in [1.29, 1.82) is 5.26 Å². The highest BCUT2D eigenvalue weighted by atomic mass is 16.5. The van der Waals surface area contributed by atoms with Crippen molar-refractivity contribution >= 4 is 18.0 Å². The molecule has 4 rings (SSSR count). The largest absolute Gasteiger partial charge is 0.480 e. The summed E-state index contributed by atoms with van der Waals surface area (Å²) in [6, 6.07) is 17.1. The molecule has 1 saturated heterocycles. The highest BCUT2D eigenvalue weighted by molar-refractivity contribution is 5.91. The van der Waals surface area contributed by atoms with Crippen LogP contribution in [0.4, 0.5) is 4.79 Å². The number of carboxylic acid groups (broad SMARTS) is 1. The number of alkyl carbamates (subject to hydrolysis) is 1. The van der Waals surface area contributed by atoms with Gasteiger partial charge in [-0.1, -0.05) is 48.5 Å². The number of hydrogen-bond acceptors (Lipinski definition) is 5. The molecule has 8 nitrogen and oxygen atoms in total. The Balaban J connectivity index is 1.46. The molecule has 0 bridgehead atoms. The molecule has 0 saturated carbocycles. The van der Waals surface area contributed by atoms with Crippen LogP contribution in [0.5, 0.6) is 0 Å². The maximum absolute atomic E-state index is 13.3. The number of nitrogens with zero attached hydrogens (tertiary/aromatic N) is 2. The Morgan fingerprint density at radius 2 is 1.80 bits per heavy atom. The van der Waals surface area contributed by atoms with Gasteiger partial charge in [0.15, 0.2) is 0 Å². The molecule has 2 N–H and O–H groups in total. The van der Waals surface area contributed by atoms with Gasteiger partial charge in [0.05, 0.1) is 6.07 Å². The number of aliphatic carboxylic acids is 1. The van der Waals surface area contributed by atoms with Gasteiger partial charge in [-0.15, -0.1) is 0 Å². The smallest absolute Gasteiger partial charge is 0.407 e. The van der Waals surface area contributed by atoms with E-state index in [9.17, 15) is 19.5 Å². The van der Waals surface area contributed by atoms with Gasteiger partial charge in [-0.05, 0) is 54.9 Å². The molecule has 35 heavy (non-hydrogen) atoms. The van der Waals surface area contributed by atoms with Crippen molar-refractivity contribution in [2.75, 3.05) is 13.2 Å². The predicted molar refractivity (Wildman–Crippen MR) is 128 cm³/mol. The summed E-state index contributed by atoms with van der Waals surface area (Å²) >= 11 is 0. The molecule has 8 heteroatoms. The summed E-state index contributed by atoms with van der Waals surface area (Å²) in [6.07, 6.45) is 1.04. The molecule has 0 radical (unpaired) electrons. The number of fused-ring (bicyclic) bond motifs is 3. The number of carboxylic acids is 1. The fourth-order valence-corrected chi connectivity index (χ4v) is 5.15. The summed E-state index contributed by atoms with van der Waals surface area (Å²) in [6.45, 7) is 1.94. The third kappa shape index (κ3) is 4.72. The van der Waals surface area contributed by atoms with Crippen molar-refractivity contribution in [2.24, 2.45) is 0 Å². The average Bonchev–Trinajstić information content (AvgIpc) is 3.41. The fourth-order valence-electron chi connectivity index (χ4n) is 5.15. The van der Waals surface area contributed by atoms with E-state index < -0.39 is 29.6 Å². The highest BCUT2D eigenvalue weighted by Gasteiger charge is 2.47. The third-order valence-corrected chi connectivity index (χ3v) is 7.08. The predicted octanol–water partition coefficient (Wildman–Crippen LogP) is 4.05. The van der Waals surface area contributed by atoms with Gasteiger partial charge < -0.3 is 20.1 Å². The average molecular weight is 476 g/mol. The van der Waals surface area contributed by atoms with Crippen LogP contribution in [-0.2, 0) is 14.3 Å². The molecule has 2 aliphatic rings. The highest BCUT2D eigenvalue weighted by Crippen LogP contribution is 2.44. The van der Waals surface area contributed by atoms with Crippen LogP contribution >= 0.6 is 0 Å².